The number of benzene rings is 1. The molecule has 1 aliphatic heterocycles. The summed E-state index contributed by atoms with van der Waals surface area (Å²) < 4.78 is 5.41. The van der Waals surface area contributed by atoms with E-state index >= 15 is 0 Å². The molecule has 0 atom stereocenters. The molecule has 0 saturated carbocycles. The fourth-order valence-corrected chi connectivity index (χ4v) is 2.67. The summed E-state index contributed by atoms with van der Waals surface area (Å²) in [7, 11) is 0. The van der Waals surface area contributed by atoms with Crippen LogP contribution in [0.4, 0.5) is 0 Å². The molecule has 0 aliphatic carbocycles. The van der Waals surface area contributed by atoms with Crippen molar-refractivity contribution in [2.45, 2.75) is 19.3 Å². The van der Waals surface area contributed by atoms with Crippen molar-refractivity contribution in [3.63, 3.8) is 0 Å². The predicted molar refractivity (Wildman–Crippen MR) is 72.9 cm³/mol. The molecule has 0 radical (unpaired) electrons. The lowest BCUT2D eigenvalue weighted by Gasteiger charge is -2.21. The van der Waals surface area contributed by atoms with Crippen molar-refractivity contribution in [1.82, 2.24) is 10.5 Å². The van der Waals surface area contributed by atoms with Crippen LogP contribution in [0.5, 0.6) is 5.75 Å². The van der Waals surface area contributed by atoms with E-state index in [1.54, 1.807) is 18.3 Å². The van der Waals surface area contributed by atoms with Crippen LogP contribution in [0.1, 0.15) is 18.6 Å². The monoisotopic (exact) mass is 258 g/mol. The Morgan fingerprint density at radius 3 is 2.95 bits per heavy atom. The van der Waals surface area contributed by atoms with Gasteiger partial charge in [0.05, 0.1) is 6.20 Å². The molecule has 2 aromatic rings. The van der Waals surface area contributed by atoms with E-state index in [1.807, 2.05) is 12.1 Å². The number of piperidine rings is 1. The third kappa shape index (κ3) is 2.79. The lowest BCUT2D eigenvalue weighted by molar-refractivity contribution is 0.319. The largest absolute Gasteiger partial charge is 0.508 e. The van der Waals surface area contributed by atoms with Crippen molar-refractivity contribution in [3.05, 3.63) is 36.2 Å². The molecular weight excluding hydrogens is 240 g/mol. The number of phenolic OH excluding ortho intramolecular Hbond substituents is 1. The Kier molecular flexibility index (Phi) is 3.51. The molecule has 2 heterocycles. The highest BCUT2D eigenvalue weighted by Gasteiger charge is 2.19. The molecule has 1 aromatic carbocycles. The minimum Gasteiger partial charge on any atom is -0.508 e. The van der Waals surface area contributed by atoms with Crippen molar-refractivity contribution >= 4 is 0 Å². The second kappa shape index (κ2) is 5.45. The molecule has 100 valence electrons. The summed E-state index contributed by atoms with van der Waals surface area (Å²) in [4.78, 5) is 0. The van der Waals surface area contributed by atoms with Crippen molar-refractivity contribution in [1.29, 1.82) is 0 Å². The molecule has 3 rings (SSSR count). The van der Waals surface area contributed by atoms with Crippen molar-refractivity contribution in [2.24, 2.45) is 5.92 Å². The molecule has 4 heteroatoms. The Morgan fingerprint density at radius 1 is 1.32 bits per heavy atom. The Labute approximate surface area is 112 Å². The smallest absolute Gasteiger partial charge is 0.144 e. The molecule has 1 aliphatic rings. The van der Waals surface area contributed by atoms with E-state index in [-0.39, 0.29) is 5.75 Å². The normalized spacial score (nSPS) is 16.6. The van der Waals surface area contributed by atoms with Gasteiger partial charge in [-0.25, -0.2) is 0 Å². The average molecular weight is 258 g/mol. The molecule has 19 heavy (non-hydrogen) atoms. The number of hydrogen-bond acceptors (Lipinski definition) is 4. The van der Waals surface area contributed by atoms with Crippen LogP contribution >= 0.6 is 0 Å². The zero-order chi connectivity index (χ0) is 13.1. The highest BCUT2D eigenvalue weighted by molar-refractivity contribution is 5.66. The Bertz CT molecular complexity index is 545. The van der Waals surface area contributed by atoms with Gasteiger partial charge in [-0.1, -0.05) is 17.3 Å². The maximum absolute atomic E-state index is 9.56. The minimum absolute atomic E-state index is 0.270. The van der Waals surface area contributed by atoms with Crippen LogP contribution in [-0.2, 0) is 6.42 Å². The van der Waals surface area contributed by atoms with Crippen LogP contribution < -0.4 is 5.32 Å². The zero-order valence-corrected chi connectivity index (χ0v) is 10.8. The van der Waals surface area contributed by atoms with Crippen LogP contribution in [0, 0.1) is 5.92 Å². The third-order valence-corrected chi connectivity index (χ3v) is 3.74. The van der Waals surface area contributed by atoms with Gasteiger partial charge in [-0.2, -0.15) is 0 Å². The number of phenols is 1. The summed E-state index contributed by atoms with van der Waals surface area (Å²) >= 11 is 0. The maximum atomic E-state index is 9.56. The Balaban J connectivity index is 1.81. The number of hydrogen-bond donors (Lipinski definition) is 2. The molecule has 0 unspecified atom stereocenters. The summed E-state index contributed by atoms with van der Waals surface area (Å²) in [6.45, 7) is 2.17. The Hall–Kier alpha value is -1.81. The summed E-state index contributed by atoms with van der Waals surface area (Å²) in [5.74, 6) is 1.86. The number of aromatic hydroxyl groups is 1. The second-order valence-corrected chi connectivity index (χ2v) is 5.11. The summed E-state index contributed by atoms with van der Waals surface area (Å²) in [5.41, 5.74) is 1.96. The molecule has 1 saturated heterocycles. The van der Waals surface area contributed by atoms with Gasteiger partial charge in [0.1, 0.15) is 11.5 Å². The molecule has 2 N–H and O–H groups in total. The van der Waals surface area contributed by atoms with E-state index in [0.717, 1.165) is 36.4 Å². The van der Waals surface area contributed by atoms with E-state index in [2.05, 4.69) is 10.5 Å². The SMILES string of the molecule is Oc1cccc(-c2cnoc2CC2CCNCC2)c1. The molecule has 1 aromatic heterocycles. The van der Waals surface area contributed by atoms with Gasteiger partial charge in [0.25, 0.3) is 0 Å². The van der Waals surface area contributed by atoms with Crippen LogP contribution in [-0.4, -0.2) is 23.4 Å². The highest BCUT2D eigenvalue weighted by atomic mass is 16.5. The summed E-state index contributed by atoms with van der Waals surface area (Å²) in [5, 5.41) is 16.9. The fourth-order valence-electron chi connectivity index (χ4n) is 2.67. The van der Waals surface area contributed by atoms with Gasteiger partial charge >= 0.3 is 0 Å². The van der Waals surface area contributed by atoms with E-state index in [0.29, 0.717) is 5.92 Å². The van der Waals surface area contributed by atoms with Crippen LogP contribution in [0.3, 0.4) is 0 Å². The first kappa shape index (κ1) is 12.2. The van der Waals surface area contributed by atoms with Gasteiger partial charge in [0.2, 0.25) is 0 Å². The first-order valence-electron chi connectivity index (χ1n) is 6.76. The molecule has 4 nitrogen and oxygen atoms in total. The zero-order valence-electron chi connectivity index (χ0n) is 10.8. The predicted octanol–water partition coefficient (Wildman–Crippen LogP) is 2.59. The van der Waals surface area contributed by atoms with Gasteiger partial charge in [-0.05, 0) is 49.5 Å². The first-order valence-corrected chi connectivity index (χ1v) is 6.76. The van der Waals surface area contributed by atoms with Crippen molar-refractivity contribution in [3.8, 4) is 16.9 Å². The van der Waals surface area contributed by atoms with Crippen LogP contribution in [0.15, 0.2) is 35.0 Å². The molecule has 1 fully saturated rings. The fraction of sp³-hybridized carbons (Fsp3) is 0.400. The van der Waals surface area contributed by atoms with Gasteiger partial charge in [0, 0.05) is 12.0 Å². The standard InChI is InChI=1S/C15H18N2O2/c18-13-3-1-2-12(9-13)14-10-17-19-15(14)8-11-4-6-16-7-5-11/h1-3,9-11,16,18H,4-8H2. The number of rotatable bonds is 3. The van der Waals surface area contributed by atoms with Crippen LogP contribution in [0.25, 0.3) is 11.1 Å². The first-order chi connectivity index (χ1) is 9.33. The number of aromatic nitrogens is 1. The topological polar surface area (TPSA) is 58.3 Å². The molecule has 0 spiro atoms. The van der Waals surface area contributed by atoms with Crippen LogP contribution in [0.2, 0.25) is 0 Å². The number of nitrogens with one attached hydrogen (secondary N) is 1. The van der Waals surface area contributed by atoms with Gasteiger partial charge < -0.3 is 14.9 Å². The maximum Gasteiger partial charge on any atom is 0.144 e. The summed E-state index contributed by atoms with van der Waals surface area (Å²) in [6.07, 6.45) is 5.03. The lowest BCUT2D eigenvalue weighted by atomic mass is 9.91. The van der Waals surface area contributed by atoms with E-state index < -0.39 is 0 Å². The summed E-state index contributed by atoms with van der Waals surface area (Å²) in [6, 6.07) is 7.23. The molecule has 0 bridgehead atoms. The number of nitrogens with zero attached hydrogens (tertiary/aromatic N) is 1. The van der Waals surface area contributed by atoms with E-state index in [4.69, 9.17) is 4.52 Å². The van der Waals surface area contributed by atoms with Gasteiger partial charge in [-0.15, -0.1) is 0 Å². The minimum atomic E-state index is 0.270. The van der Waals surface area contributed by atoms with Crippen molar-refractivity contribution in [2.75, 3.05) is 13.1 Å². The van der Waals surface area contributed by atoms with Gasteiger partial charge in [0.15, 0.2) is 0 Å². The molecular formula is C15H18N2O2. The highest BCUT2D eigenvalue weighted by Crippen LogP contribution is 2.29. The molecule has 0 amide bonds. The third-order valence-electron chi connectivity index (χ3n) is 3.74. The quantitative estimate of drug-likeness (QED) is 0.888. The lowest BCUT2D eigenvalue weighted by Crippen LogP contribution is -2.28. The second-order valence-electron chi connectivity index (χ2n) is 5.11. The van der Waals surface area contributed by atoms with Gasteiger partial charge in [-0.3, -0.25) is 0 Å². The van der Waals surface area contributed by atoms with E-state index in [9.17, 15) is 5.11 Å². The van der Waals surface area contributed by atoms with E-state index in [1.165, 1.54) is 12.8 Å². The average Bonchev–Trinajstić information content (AvgIpc) is 2.88. The van der Waals surface area contributed by atoms with Crippen molar-refractivity contribution < 1.29 is 9.63 Å². The Morgan fingerprint density at radius 2 is 2.16 bits per heavy atom.